The van der Waals surface area contributed by atoms with Crippen molar-refractivity contribution in [3.05, 3.63) is 88.8 Å². The van der Waals surface area contributed by atoms with Gasteiger partial charge in [0.15, 0.2) is 0 Å². The lowest BCUT2D eigenvalue weighted by Crippen LogP contribution is -2.04. The minimum Gasteiger partial charge on any atom is -0.496 e. The van der Waals surface area contributed by atoms with Gasteiger partial charge in [0.1, 0.15) is 29.7 Å². The van der Waals surface area contributed by atoms with Crippen molar-refractivity contribution in [3.63, 3.8) is 0 Å². The van der Waals surface area contributed by atoms with Crippen LogP contribution in [0.1, 0.15) is 11.1 Å². The number of ether oxygens (including phenoxy) is 2. The molecule has 0 saturated carbocycles. The zero-order chi connectivity index (χ0) is 23.6. The Morgan fingerprint density at radius 3 is 2.42 bits per heavy atom. The van der Waals surface area contributed by atoms with E-state index >= 15 is 0 Å². The fourth-order valence-corrected chi connectivity index (χ4v) is 3.36. The number of alkyl halides is 3. The highest BCUT2D eigenvalue weighted by Crippen LogP contribution is 2.35. The van der Waals surface area contributed by atoms with Gasteiger partial charge in [-0.25, -0.2) is 9.37 Å². The number of H-pyrrole nitrogens is 1. The first kappa shape index (κ1) is 22.7. The van der Waals surface area contributed by atoms with Crippen LogP contribution in [0.15, 0.2) is 66.9 Å². The first-order valence-corrected chi connectivity index (χ1v) is 10.1. The molecule has 4 rings (SSSR count). The quantitative estimate of drug-likeness (QED) is 0.301. The van der Waals surface area contributed by atoms with Gasteiger partial charge in [0.2, 0.25) is 0 Å². The Balaban J connectivity index is 1.53. The van der Waals surface area contributed by atoms with Gasteiger partial charge in [-0.05, 0) is 36.4 Å². The van der Waals surface area contributed by atoms with Crippen LogP contribution in [0.3, 0.4) is 0 Å². The normalized spacial score (nSPS) is 11.5. The molecule has 0 aliphatic heterocycles. The lowest BCUT2D eigenvalue weighted by molar-refractivity contribution is -0.137. The van der Waals surface area contributed by atoms with Crippen molar-refractivity contribution in [2.75, 3.05) is 7.11 Å². The predicted molar refractivity (Wildman–Crippen MR) is 117 cm³/mol. The molecule has 9 heteroatoms. The number of aromatic amines is 1. The number of hydrogen-bond acceptors (Lipinski definition) is 3. The van der Waals surface area contributed by atoms with E-state index in [2.05, 4.69) is 9.97 Å². The van der Waals surface area contributed by atoms with Gasteiger partial charge in [0.05, 0.1) is 18.4 Å². The number of rotatable bonds is 6. The van der Waals surface area contributed by atoms with Crippen LogP contribution in [0.5, 0.6) is 11.5 Å². The van der Waals surface area contributed by atoms with Crippen LogP contribution < -0.4 is 9.47 Å². The predicted octanol–water partition coefficient (Wildman–Crippen LogP) is 7.14. The molecule has 0 saturated heterocycles. The second-order valence-corrected chi connectivity index (χ2v) is 7.53. The fourth-order valence-electron chi connectivity index (χ4n) is 3.20. The maximum atomic E-state index is 14.0. The molecular formula is C24H17ClF4N2O2. The summed E-state index contributed by atoms with van der Waals surface area (Å²) in [6.45, 7) is 0.00593. The van der Waals surface area contributed by atoms with Gasteiger partial charge in [-0.1, -0.05) is 29.8 Å². The van der Waals surface area contributed by atoms with Crippen LogP contribution in [-0.2, 0) is 12.8 Å². The third kappa shape index (κ3) is 5.12. The molecule has 0 unspecified atom stereocenters. The molecule has 0 aliphatic rings. The Hall–Kier alpha value is -3.52. The monoisotopic (exact) mass is 476 g/mol. The van der Waals surface area contributed by atoms with Crippen molar-refractivity contribution in [1.29, 1.82) is 0 Å². The maximum Gasteiger partial charge on any atom is 0.416 e. The minimum atomic E-state index is -4.40. The number of nitrogens with one attached hydrogen (secondary N) is 1. The summed E-state index contributed by atoms with van der Waals surface area (Å²) in [6, 6.07) is 14.2. The van der Waals surface area contributed by atoms with E-state index in [1.54, 1.807) is 36.5 Å². The van der Waals surface area contributed by atoms with E-state index in [1.807, 2.05) is 0 Å². The number of aromatic nitrogens is 2. The van der Waals surface area contributed by atoms with Gasteiger partial charge in [0.25, 0.3) is 0 Å². The van der Waals surface area contributed by atoms with Crippen LogP contribution in [0.25, 0.3) is 22.6 Å². The molecule has 0 aliphatic carbocycles. The van der Waals surface area contributed by atoms with Crippen LogP contribution >= 0.6 is 11.6 Å². The molecule has 1 heterocycles. The number of benzene rings is 3. The van der Waals surface area contributed by atoms with Gasteiger partial charge < -0.3 is 14.5 Å². The smallest absolute Gasteiger partial charge is 0.416 e. The van der Waals surface area contributed by atoms with Gasteiger partial charge in [0, 0.05) is 34.0 Å². The number of methoxy groups -OCH3 is 1. The third-order valence-corrected chi connectivity index (χ3v) is 5.16. The minimum absolute atomic E-state index is 0.00593. The molecule has 0 spiro atoms. The van der Waals surface area contributed by atoms with Crippen LogP contribution in [0.2, 0.25) is 5.02 Å². The summed E-state index contributed by atoms with van der Waals surface area (Å²) in [5.41, 5.74) is 1.33. The number of halogens is 5. The molecule has 3 aromatic carbocycles. The Kier molecular flexibility index (Phi) is 6.29. The van der Waals surface area contributed by atoms with Gasteiger partial charge >= 0.3 is 6.18 Å². The molecular weight excluding hydrogens is 460 g/mol. The highest BCUT2D eigenvalue weighted by Gasteiger charge is 2.30. The summed E-state index contributed by atoms with van der Waals surface area (Å²) in [5.74, 6) is 0.885. The summed E-state index contributed by atoms with van der Waals surface area (Å²) in [7, 11) is 1.49. The zero-order valence-corrected chi connectivity index (χ0v) is 18.0. The van der Waals surface area contributed by atoms with Crippen molar-refractivity contribution in [2.45, 2.75) is 12.8 Å². The first-order chi connectivity index (χ1) is 15.7. The SMILES string of the molecule is COc1cc(OCc2ccc(Cl)cc2F)ccc1-c1c[nH]c(-c2ccc(C(F)(F)F)cc2)n1. The number of hydrogen-bond donors (Lipinski definition) is 1. The topological polar surface area (TPSA) is 47.1 Å². The van der Waals surface area contributed by atoms with E-state index in [0.29, 0.717) is 44.7 Å². The molecule has 4 aromatic rings. The second kappa shape index (κ2) is 9.15. The highest BCUT2D eigenvalue weighted by molar-refractivity contribution is 6.30. The van der Waals surface area contributed by atoms with Crippen molar-refractivity contribution < 1.29 is 27.0 Å². The molecule has 170 valence electrons. The standard InChI is InChI=1S/C24H17ClF4N2O2/c1-32-22-11-18(33-13-15-4-7-17(25)10-20(15)26)8-9-19(22)21-12-30-23(31-21)14-2-5-16(6-3-14)24(27,28)29/h2-12H,13H2,1H3,(H,30,31). The largest absolute Gasteiger partial charge is 0.496 e. The van der Waals surface area contributed by atoms with Crippen molar-refractivity contribution in [2.24, 2.45) is 0 Å². The van der Waals surface area contributed by atoms with Crippen molar-refractivity contribution in [3.8, 4) is 34.1 Å². The average Bonchev–Trinajstić information content (AvgIpc) is 3.28. The Labute approximate surface area is 191 Å². The van der Waals surface area contributed by atoms with Crippen molar-refractivity contribution in [1.82, 2.24) is 9.97 Å². The van der Waals surface area contributed by atoms with Crippen LogP contribution in [0.4, 0.5) is 17.6 Å². The highest BCUT2D eigenvalue weighted by atomic mass is 35.5. The van der Waals surface area contributed by atoms with E-state index in [0.717, 1.165) is 12.1 Å². The summed E-state index contributed by atoms with van der Waals surface area (Å²) >= 11 is 5.76. The van der Waals surface area contributed by atoms with E-state index < -0.39 is 17.6 Å². The van der Waals surface area contributed by atoms with E-state index in [-0.39, 0.29) is 6.61 Å². The fraction of sp³-hybridized carbons (Fsp3) is 0.125. The summed E-state index contributed by atoms with van der Waals surface area (Å²) < 4.78 is 63.4. The Morgan fingerprint density at radius 2 is 1.76 bits per heavy atom. The summed E-state index contributed by atoms with van der Waals surface area (Å²) in [4.78, 5) is 7.45. The van der Waals surface area contributed by atoms with E-state index in [4.69, 9.17) is 21.1 Å². The molecule has 0 radical (unpaired) electrons. The molecule has 0 atom stereocenters. The molecule has 0 bridgehead atoms. The third-order valence-electron chi connectivity index (χ3n) is 4.92. The first-order valence-electron chi connectivity index (χ1n) is 9.73. The van der Waals surface area contributed by atoms with Crippen LogP contribution in [0, 0.1) is 5.82 Å². The Bertz CT molecular complexity index is 1270. The molecule has 1 aromatic heterocycles. The zero-order valence-electron chi connectivity index (χ0n) is 17.2. The molecule has 33 heavy (non-hydrogen) atoms. The maximum absolute atomic E-state index is 14.0. The van der Waals surface area contributed by atoms with Gasteiger partial charge in [-0.15, -0.1) is 0 Å². The van der Waals surface area contributed by atoms with E-state index in [9.17, 15) is 17.6 Å². The Morgan fingerprint density at radius 1 is 1.00 bits per heavy atom. The summed E-state index contributed by atoms with van der Waals surface area (Å²) in [6.07, 6.45) is -2.77. The van der Waals surface area contributed by atoms with Gasteiger partial charge in [-0.3, -0.25) is 0 Å². The lowest BCUT2D eigenvalue weighted by Gasteiger charge is -2.11. The molecule has 1 N–H and O–H groups in total. The number of nitrogens with zero attached hydrogens (tertiary/aromatic N) is 1. The van der Waals surface area contributed by atoms with E-state index in [1.165, 1.54) is 25.3 Å². The number of imidazole rings is 1. The summed E-state index contributed by atoms with van der Waals surface area (Å²) in [5, 5.41) is 0.303. The second-order valence-electron chi connectivity index (χ2n) is 7.10. The average molecular weight is 477 g/mol. The molecule has 0 fully saturated rings. The van der Waals surface area contributed by atoms with Gasteiger partial charge in [-0.2, -0.15) is 13.2 Å². The lowest BCUT2D eigenvalue weighted by atomic mass is 10.1. The van der Waals surface area contributed by atoms with Crippen LogP contribution in [-0.4, -0.2) is 17.1 Å². The molecule has 4 nitrogen and oxygen atoms in total. The van der Waals surface area contributed by atoms with Crippen molar-refractivity contribution >= 4 is 11.6 Å². The molecule has 0 amide bonds.